The summed E-state index contributed by atoms with van der Waals surface area (Å²) >= 11 is 3.33. The molecule has 0 radical (unpaired) electrons. The molecule has 1 nitrogen and oxygen atoms in total. The fourth-order valence-corrected chi connectivity index (χ4v) is 2.13. The van der Waals surface area contributed by atoms with Crippen LogP contribution in [-0.2, 0) is 11.2 Å². The quantitative estimate of drug-likeness (QED) is 0.822. The first kappa shape index (κ1) is 10.8. The van der Waals surface area contributed by atoms with E-state index >= 15 is 0 Å². The summed E-state index contributed by atoms with van der Waals surface area (Å²) in [6.45, 7) is 0. The molecule has 15 heavy (non-hydrogen) atoms. The minimum atomic E-state index is -0.283. The Morgan fingerprint density at radius 3 is 2.80 bits per heavy atom. The number of hydrogen-bond acceptors (Lipinski definition) is 1. The van der Waals surface area contributed by atoms with Crippen LogP contribution in [-0.4, -0.2) is 5.78 Å². The van der Waals surface area contributed by atoms with Gasteiger partial charge in [0.15, 0.2) is 0 Å². The molecule has 0 aliphatic heterocycles. The largest absolute Gasteiger partial charge is 0.299 e. The Morgan fingerprint density at radius 1 is 1.47 bits per heavy atom. The molecule has 0 bridgehead atoms. The summed E-state index contributed by atoms with van der Waals surface area (Å²) in [5.74, 6) is 0.183. The molecule has 2 rings (SSSR count). The molecule has 0 N–H and O–H groups in total. The van der Waals surface area contributed by atoms with E-state index in [1.807, 2.05) is 0 Å². The van der Waals surface area contributed by atoms with Gasteiger partial charge < -0.3 is 0 Å². The molecule has 3 heteroatoms. The third-order valence-corrected chi connectivity index (χ3v) is 3.71. The summed E-state index contributed by atoms with van der Waals surface area (Å²) in [6.07, 6.45) is 3.52. The van der Waals surface area contributed by atoms with Gasteiger partial charge in [-0.3, -0.25) is 4.79 Å². The first-order valence-electron chi connectivity index (χ1n) is 5.13. The summed E-state index contributed by atoms with van der Waals surface area (Å²) in [5.41, 5.74) is 0.756. The van der Waals surface area contributed by atoms with Gasteiger partial charge in [-0.25, -0.2) is 4.39 Å². The van der Waals surface area contributed by atoms with E-state index in [2.05, 4.69) is 15.9 Å². The van der Waals surface area contributed by atoms with Crippen LogP contribution in [0, 0.1) is 11.7 Å². The zero-order chi connectivity index (χ0) is 10.8. The van der Waals surface area contributed by atoms with Gasteiger partial charge in [-0.2, -0.15) is 0 Å². The standard InChI is InChI=1S/C12H12BrFO/c13-11-5-4-10(14)6-9(11)7-12(15)8-2-1-3-8/h4-6,8H,1-3,7H2. The Bertz CT molecular complexity index is 385. The molecule has 80 valence electrons. The highest BCUT2D eigenvalue weighted by Gasteiger charge is 2.25. The van der Waals surface area contributed by atoms with Gasteiger partial charge in [-0.05, 0) is 36.6 Å². The van der Waals surface area contributed by atoms with E-state index in [9.17, 15) is 9.18 Å². The molecule has 1 fully saturated rings. The van der Waals surface area contributed by atoms with Gasteiger partial charge >= 0.3 is 0 Å². The van der Waals surface area contributed by atoms with Crippen LogP contribution in [0.1, 0.15) is 24.8 Å². The summed E-state index contributed by atoms with van der Waals surface area (Å²) in [6, 6.07) is 4.47. The molecule has 0 atom stereocenters. The van der Waals surface area contributed by atoms with Crippen LogP contribution in [0.4, 0.5) is 4.39 Å². The molecular formula is C12H12BrFO. The van der Waals surface area contributed by atoms with Crippen LogP contribution in [0.15, 0.2) is 22.7 Å². The highest BCUT2D eigenvalue weighted by atomic mass is 79.9. The molecule has 0 amide bonds. The highest BCUT2D eigenvalue weighted by Crippen LogP contribution is 2.29. The van der Waals surface area contributed by atoms with E-state index in [0.29, 0.717) is 6.42 Å². The van der Waals surface area contributed by atoms with E-state index in [1.54, 1.807) is 6.07 Å². The summed E-state index contributed by atoms with van der Waals surface area (Å²) in [7, 11) is 0. The molecule has 1 aliphatic rings. The van der Waals surface area contributed by atoms with Crippen molar-refractivity contribution in [1.82, 2.24) is 0 Å². The molecule has 1 saturated carbocycles. The Balaban J connectivity index is 2.09. The Labute approximate surface area is 96.8 Å². The van der Waals surface area contributed by atoms with Crippen molar-refractivity contribution in [2.45, 2.75) is 25.7 Å². The fraction of sp³-hybridized carbons (Fsp3) is 0.417. The average Bonchev–Trinajstić information content (AvgIpc) is 2.08. The van der Waals surface area contributed by atoms with Crippen molar-refractivity contribution in [2.75, 3.05) is 0 Å². The van der Waals surface area contributed by atoms with Crippen LogP contribution >= 0.6 is 15.9 Å². The molecule has 1 aromatic rings. The van der Waals surface area contributed by atoms with Gasteiger partial charge in [0.2, 0.25) is 0 Å². The normalized spacial score (nSPS) is 16.1. The number of ketones is 1. The molecule has 0 aromatic heterocycles. The lowest BCUT2D eigenvalue weighted by molar-refractivity contribution is -0.124. The van der Waals surface area contributed by atoms with Crippen molar-refractivity contribution in [1.29, 1.82) is 0 Å². The number of carbonyl (C=O) groups excluding carboxylic acids is 1. The second-order valence-electron chi connectivity index (χ2n) is 4.01. The molecule has 0 spiro atoms. The van der Waals surface area contributed by atoms with Crippen molar-refractivity contribution in [3.8, 4) is 0 Å². The number of rotatable bonds is 3. The van der Waals surface area contributed by atoms with E-state index in [0.717, 1.165) is 29.3 Å². The molecule has 0 heterocycles. The van der Waals surface area contributed by atoms with Crippen molar-refractivity contribution in [3.05, 3.63) is 34.1 Å². The lowest BCUT2D eigenvalue weighted by Crippen LogP contribution is -2.23. The highest BCUT2D eigenvalue weighted by molar-refractivity contribution is 9.10. The van der Waals surface area contributed by atoms with Crippen LogP contribution in [0.25, 0.3) is 0 Å². The van der Waals surface area contributed by atoms with E-state index in [1.165, 1.54) is 12.1 Å². The number of halogens is 2. The fourth-order valence-electron chi connectivity index (χ4n) is 1.74. The van der Waals surface area contributed by atoms with Crippen molar-refractivity contribution >= 4 is 21.7 Å². The van der Waals surface area contributed by atoms with Crippen molar-refractivity contribution < 1.29 is 9.18 Å². The number of hydrogen-bond donors (Lipinski definition) is 0. The third kappa shape index (κ3) is 2.46. The SMILES string of the molecule is O=C(Cc1cc(F)ccc1Br)C1CCC1. The van der Waals surface area contributed by atoms with Crippen LogP contribution in [0.5, 0.6) is 0 Å². The number of benzene rings is 1. The summed E-state index contributed by atoms with van der Waals surface area (Å²) < 4.78 is 13.8. The Kier molecular flexibility index (Phi) is 3.19. The molecule has 0 unspecified atom stereocenters. The second-order valence-corrected chi connectivity index (χ2v) is 4.86. The van der Waals surface area contributed by atoms with Crippen LogP contribution in [0.2, 0.25) is 0 Å². The minimum absolute atomic E-state index is 0.222. The van der Waals surface area contributed by atoms with E-state index in [-0.39, 0.29) is 17.5 Å². The minimum Gasteiger partial charge on any atom is -0.299 e. The van der Waals surface area contributed by atoms with E-state index in [4.69, 9.17) is 0 Å². The van der Waals surface area contributed by atoms with Gasteiger partial charge in [0, 0.05) is 16.8 Å². The predicted octanol–water partition coefficient (Wildman–Crippen LogP) is 3.50. The first-order valence-corrected chi connectivity index (χ1v) is 5.93. The maximum Gasteiger partial charge on any atom is 0.140 e. The lowest BCUT2D eigenvalue weighted by atomic mass is 9.80. The maximum atomic E-state index is 13.0. The van der Waals surface area contributed by atoms with Gasteiger partial charge in [-0.1, -0.05) is 22.4 Å². The first-order chi connectivity index (χ1) is 7.16. The molecule has 0 saturated heterocycles. The smallest absolute Gasteiger partial charge is 0.140 e. The van der Waals surface area contributed by atoms with Gasteiger partial charge in [0.25, 0.3) is 0 Å². The van der Waals surface area contributed by atoms with Gasteiger partial charge in [0.1, 0.15) is 11.6 Å². The Hall–Kier alpha value is -0.700. The topological polar surface area (TPSA) is 17.1 Å². The van der Waals surface area contributed by atoms with Crippen LogP contribution < -0.4 is 0 Å². The van der Waals surface area contributed by atoms with E-state index < -0.39 is 0 Å². The average molecular weight is 271 g/mol. The van der Waals surface area contributed by atoms with Gasteiger partial charge in [0.05, 0.1) is 0 Å². The second kappa shape index (κ2) is 4.44. The monoisotopic (exact) mass is 270 g/mol. The van der Waals surface area contributed by atoms with Crippen molar-refractivity contribution in [3.63, 3.8) is 0 Å². The zero-order valence-electron chi connectivity index (χ0n) is 8.30. The summed E-state index contributed by atoms with van der Waals surface area (Å²) in [4.78, 5) is 11.7. The lowest BCUT2D eigenvalue weighted by Gasteiger charge is -2.23. The Morgan fingerprint density at radius 2 is 2.20 bits per heavy atom. The number of Topliss-reactive ketones (excluding diaryl/α,β-unsaturated/α-hetero) is 1. The molecule has 1 aliphatic carbocycles. The molecule has 1 aromatic carbocycles. The van der Waals surface area contributed by atoms with Gasteiger partial charge in [-0.15, -0.1) is 0 Å². The number of carbonyl (C=O) groups is 1. The van der Waals surface area contributed by atoms with Crippen LogP contribution in [0.3, 0.4) is 0 Å². The van der Waals surface area contributed by atoms with Crippen molar-refractivity contribution in [2.24, 2.45) is 5.92 Å². The predicted molar refractivity (Wildman–Crippen MR) is 60.2 cm³/mol. The molecular weight excluding hydrogens is 259 g/mol. The third-order valence-electron chi connectivity index (χ3n) is 2.93. The zero-order valence-corrected chi connectivity index (χ0v) is 9.89. The summed E-state index contributed by atoms with van der Waals surface area (Å²) in [5, 5.41) is 0. The maximum absolute atomic E-state index is 13.0.